The van der Waals surface area contributed by atoms with E-state index < -0.39 is 5.82 Å². The van der Waals surface area contributed by atoms with Crippen LogP contribution in [0.25, 0.3) is 5.65 Å². The van der Waals surface area contributed by atoms with Crippen molar-refractivity contribution in [2.75, 3.05) is 43.9 Å². The molecular weight excluding hydrogens is 559 g/mol. The zero-order valence-corrected chi connectivity index (χ0v) is 25.8. The highest BCUT2D eigenvalue weighted by Gasteiger charge is 2.22. The van der Waals surface area contributed by atoms with Crippen molar-refractivity contribution in [3.63, 3.8) is 0 Å². The van der Waals surface area contributed by atoms with Crippen LogP contribution in [0.5, 0.6) is 11.5 Å². The van der Waals surface area contributed by atoms with E-state index in [9.17, 15) is 9.18 Å². The third kappa shape index (κ3) is 7.78. The number of likely N-dealkylation sites (N-methyl/N-ethyl adjacent to an activating group) is 1. The van der Waals surface area contributed by atoms with Gasteiger partial charge in [0.1, 0.15) is 17.3 Å². The number of carbonyl (C=O) groups excluding carboxylic acids is 1. The maximum atomic E-state index is 14.5. The minimum atomic E-state index is -0.438. The van der Waals surface area contributed by atoms with Crippen LogP contribution in [0.2, 0.25) is 0 Å². The van der Waals surface area contributed by atoms with Gasteiger partial charge in [0.15, 0.2) is 11.4 Å². The Bertz CT molecular complexity index is 1630. The molecule has 1 saturated heterocycles. The molecule has 232 valence electrons. The van der Waals surface area contributed by atoms with E-state index in [0.717, 1.165) is 42.7 Å². The molecule has 3 N–H and O–H groups in total. The SMILES string of the molecule is CC(C)c1cnn2c(NCc3cccc(Oc4ccc(F)c(CC(=O)/C=C/CN(C)C)c4)c3)nc(N3CCC(N)CC3)nc12. The Kier molecular flexibility index (Phi) is 9.86. The number of rotatable bonds is 12. The lowest BCUT2D eigenvalue weighted by Crippen LogP contribution is -2.40. The molecule has 0 unspecified atom stereocenters. The zero-order valence-electron chi connectivity index (χ0n) is 25.8. The van der Waals surface area contributed by atoms with Crippen molar-refractivity contribution in [2.45, 2.75) is 51.6 Å². The summed E-state index contributed by atoms with van der Waals surface area (Å²) in [6, 6.07) is 12.3. The number of allylic oxidation sites excluding steroid dienone is 1. The van der Waals surface area contributed by atoms with Gasteiger partial charge in [-0.2, -0.15) is 19.6 Å². The first kappa shape index (κ1) is 31.1. The molecule has 0 atom stereocenters. The van der Waals surface area contributed by atoms with Crippen LogP contribution in [-0.4, -0.2) is 70.0 Å². The second kappa shape index (κ2) is 14.0. The van der Waals surface area contributed by atoms with Crippen LogP contribution in [0, 0.1) is 5.82 Å². The van der Waals surface area contributed by atoms with E-state index in [2.05, 4.69) is 29.2 Å². The largest absolute Gasteiger partial charge is 0.457 e. The second-order valence-corrected chi connectivity index (χ2v) is 11.8. The maximum absolute atomic E-state index is 14.5. The number of nitrogens with two attached hydrogens (primary N) is 1. The lowest BCUT2D eigenvalue weighted by atomic mass is 10.1. The monoisotopic (exact) mass is 600 g/mol. The summed E-state index contributed by atoms with van der Waals surface area (Å²) in [7, 11) is 3.83. The van der Waals surface area contributed by atoms with Crippen LogP contribution in [0.1, 0.15) is 49.3 Å². The van der Waals surface area contributed by atoms with Gasteiger partial charge < -0.3 is 25.6 Å². The summed E-state index contributed by atoms with van der Waals surface area (Å²) in [6.07, 6.45) is 6.89. The van der Waals surface area contributed by atoms with Gasteiger partial charge in [-0.15, -0.1) is 0 Å². The summed E-state index contributed by atoms with van der Waals surface area (Å²) in [5.41, 5.74) is 9.23. The molecule has 11 heteroatoms. The normalized spacial score (nSPS) is 14.3. The number of ether oxygens (including phenoxy) is 1. The van der Waals surface area contributed by atoms with Gasteiger partial charge in [-0.05, 0) is 80.4 Å². The number of hydrogen-bond donors (Lipinski definition) is 2. The molecule has 1 aliphatic rings. The number of hydrogen-bond acceptors (Lipinski definition) is 9. The lowest BCUT2D eigenvalue weighted by molar-refractivity contribution is -0.114. The fraction of sp³-hybridized carbons (Fsp3) is 0.394. The van der Waals surface area contributed by atoms with E-state index in [-0.39, 0.29) is 24.2 Å². The van der Waals surface area contributed by atoms with Gasteiger partial charge >= 0.3 is 0 Å². The summed E-state index contributed by atoms with van der Waals surface area (Å²) in [4.78, 5) is 26.2. The molecule has 3 heterocycles. The quantitative estimate of drug-likeness (QED) is 0.218. The topological polar surface area (TPSA) is 114 Å². The fourth-order valence-corrected chi connectivity index (χ4v) is 5.07. The molecule has 0 radical (unpaired) electrons. The van der Waals surface area contributed by atoms with Crippen molar-refractivity contribution < 1.29 is 13.9 Å². The first-order chi connectivity index (χ1) is 21.2. The standard InChI is InChI=1S/C33H41FN8O2/c1-22(2)29-21-37-42-31(29)38-33(41-15-12-25(35)13-16-41)39-32(42)36-20-23-7-5-9-27(17-23)44-28-10-11-30(34)24(19-28)18-26(43)8-6-14-40(3)4/h5-11,17,19,21-22,25H,12-16,18,20,35H2,1-4H3,(H,36,38,39)/b8-6+. The van der Waals surface area contributed by atoms with Gasteiger partial charge in [-0.25, -0.2) is 4.39 Å². The predicted molar refractivity (Wildman–Crippen MR) is 171 cm³/mol. The maximum Gasteiger partial charge on any atom is 0.230 e. The summed E-state index contributed by atoms with van der Waals surface area (Å²) >= 11 is 0. The van der Waals surface area contributed by atoms with E-state index in [4.69, 9.17) is 20.4 Å². The van der Waals surface area contributed by atoms with Crippen LogP contribution < -0.4 is 20.7 Å². The molecule has 0 bridgehead atoms. The van der Waals surface area contributed by atoms with E-state index in [0.29, 0.717) is 42.0 Å². The number of fused-ring (bicyclic) bond motifs is 1. The molecule has 10 nitrogen and oxygen atoms in total. The van der Waals surface area contributed by atoms with Crippen molar-refractivity contribution in [1.29, 1.82) is 0 Å². The summed E-state index contributed by atoms with van der Waals surface area (Å²) in [6.45, 7) is 6.99. The minimum Gasteiger partial charge on any atom is -0.457 e. The van der Waals surface area contributed by atoms with Gasteiger partial charge in [0.25, 0.3) is 0 Å². The molecule has 0 aliphatic carbocycles. The number of nitrogens with zero attached hydrogens (tertiary/aromatic N) is 6. The summed E-state index contributed by atoms with van der Waals surface area (Å²) in [5, 5.41) is 8.03. The first-order valence-corrected chi connectivity index (χ1v) is 15.1. The van der Waals surface area contributed by atoms with Crippen molar-refractivity contribution >= 4 is 23.3 Å². The molecule has 0 spiro atoms. The van der Waals surface area contributed by atoms with Crippen LogP contribution in [0.15, 0.2) is 60.8 Å². The molecule has 1 fully saturated rings. The van der Waals surface area contributed by atoms with E-state index in [1.165, 1.54) is 12.1 Å². The number of anilines is 2. The van der Waals surface area contributed by atoms with Gasteiger partial charge in [0, 0.05) is 44.2 Å². The van der Waals surface area contributed by atoms with E-state index >= 15 is 0 Å². The van der Waals surface area contributed by atoms with Crippen molar-refractivity contribution in [1.82, 2.24) is 24.5 Å². The molecule has 4 aromatic rings. The van der Waals surface area contributed by atoms with E-state index in [1.54, 1.807) is 22.7 Å². The van der Waals surface area contributed by atoms with Crippen LogP contribution in [-0.2, 0) is 17.8 Å². The zero-order chi connectivity index (χ0) is 31.2. The van der Waals surface area contributed by atoms with Gasteiger partial charge in [0.2, 0.25) is 11.9 Å². The Morgan fingerprint density at radius 3 is 2.68 bits per heavy atom. The van der Waals surface area contributed by atoms with Crippen molar-refractivity contribution in [3.8, 4) is 11.5 Å². The summed E-state index contributed by atoms with van der Waals surface area (Å²) < 4.78 is 22.3. The van der Waals surface area contributed by atoms with Crippen LogP contribution >= 0.6 is 0 Å². The van der Waals surface area contributed by atoms with Crippen molar-refractivity contribution in [2.24, 2.45) is 5.73 Å². The molecular formula is C33H41FN8O2. The number of piperidine rings is 1. The van der Waals surface area contributed by atoms with Gasteiger partial charge in [-0.1, -0.05) is 32.1 Å². The Morgan fingerprint density at radius 1 is 1.16 bits per heavy atom. The Morgan fingerprint density at radius 2 is 1.93 bits per heavy atom. The predicted octanol–water partition coefficient (Wildman–Crippen LogP) is 4.95. The molecule has 2 aromatic heterocycles. The van der Waals surface area contributed by atoms with Crippen molar-refractivity contribution in [3.05, 3.63) is 83.3 Å². The third-order valence-corrected chi connectivity index (χ3v) is 7.57. The highest BCUT2D eigenvalue weighted by Crippen LogP contribution is 2.27. The van der Waals surface area contributed by atoms with Gasteiger partial charge in [0.05, 0.1) is 6.20 Å². The number of carbonyl (C=O) groups is 1. The Labute approximate surface area is 257 Å². The minimum absolute atomic E-state index is 0.0392. The average molecular weight is 601 g/mol. The highest BCUT2D eigenvalue weighted by atomic mass is 19.1. The van der Waals surface area contributed by atoms with Gasteiger partial charge in [-0.3, -0.25) is 4.79 Å². The van der Waals surface area contributed by atoms with Crippen LogP contribution in [0.3, 0.4) is 0 Å². The fourth-order valence-electron chi connectivity index (χ4n) is 5.07. The molecule has 2 aromatic carbocycles. The number of benzene rings is 2. The first-order valence-electron chi connectivity index (χ1n) is 15.1. The molecule has 44 heavy (non-hydrogen) atoms. The Hall–Kier alpha value is -4.35. The third-order valence-electron chi connectivity index (χ3n) is 7.57. The number of nitrogens with one attached hydrogen (secondary N) is 1. The highest BCUT2D eigenvalue weighted by molar-refractivity contribution is 5.91. The molecule has 0 saturated carbocycles. The van der Waals surface area contributed by atoms with E-state index in [1.807, 2.05) is 49.5 Å². The van der Waals surface area contributed by atoms with Crippen LogP contribution in [0.4, 0.5) is 16.3 Å². The number of halogens is 1. The smallest absolute Gasteiger partial charge is 0.230 e. The lowest BCUT2D eigenvalue weighted by Gasteiger charge is -2.30. The Balaban J connectivity index is 1.30. The summed E-state index contributed by atoms with van der Waals surface area (Å²) in [5.74, 6) is 1.98. The molecule has 0 amide bonds. The molecule has 1 aliphatic heterocycles. The molecule has 5 rings (SSSR count). The average Bonchev–Trinajstić information content (AvgIpc) is 3.43. The second-order valence-electron chi connectivity index (χ2n) is 11.8. The number of ketones is 1. The number of aromatic nitrogens is 4.